The van der Waals surface area contributed by atoms with Gasteiger partial charge in [-0.15, -0.1) is 0 Å². The molecule has 1 aromatic rings. The number of rotatable bonds is 5. The zero-order valence-electron chi connectivity index (χ0n) is 12.3. The second-order valence-corrected chi connectivity index (χ2v) is 8.17. The second-order valence-electron chi connectivity index (χ2n) is 6.18. The lowest BCUT2D eigenvalue weighted by Crippen LogP contribution is -2.48. The van der Waals surface area contributed by atoms with E-state index in [0.717, 1.165) is 50.9 Å². The SMILES string of the molecule is O=S(=O)(NC1CCCC1)C1CCCN(Cc2ncc[nH]2)C1. The number of nitrogens with one attached hydrogen (secondary N) is 2. The highest BCUT2D eigenvalue weighted by Gasteiger charge is 2.33. The first-order chi connectivity index (χ1) is 10.1. The lowest BCUT2D eigenvalue weighted by atomic mass is 10.1. The summed E-state index contributed by atoms with van der Waals surface area (Å²) in [6.45, 7) is 2.24. The summed E-state index contributed by atoms with van der Waals surface area (Å²) in [5.41, 5.74) is 0. The van der Waals surface area contributed by atoms with Crippen LogP contribution in [0.3, 0.4) is 0 Å². The molecule has 0 aromatic carbocycles. The molecule has 0 radical (unpaired) electrons. The molecule has 118 valence electrons. The molecule has 0 spiro atoms. The Labute approximate surface area is 126 Å². The minimum Gasteiger partial charge on any atom is -0.348 e. The minimum atomic E-state index is -3.20. The third-order valence-corrected chi connectivity index (χ3v) is 6.44. The summed E-state index contributed by atoms with van der Waals surface area (Å²) >= 11 is 0. The summed E-state index contributed by atoms with van der Waals surface area (Å²) < 4.78 is 28.0. The first kappa shape index (κ1) is 15.0. The number of sulfonamides is 1. The average Bonchev–Trinajstić information content (AvgIpc) is 3.12. The summed E-state index contributed by atoms with van der Waals surface area (Å²) in [4.78, 5) is 9.48. The topological polar surface area (TPSA) is 78.1 Å². The van der Waals surface area contributed by atoms with Crippen molar-refractivity contribution in [2.75, 3.05) is 13.1 Å². The van der Waals surface area contributed by atoms with Crippen LogP contribution in [0.1, 0.15) is 44.3 Å². The zero-order valence-corrected chi connectivity index (χ0v) is 13.1. The highest BCUT2D eigenvalue weighted by atomic mass is 32.2. The van der Waals surface area contributed by atoms with Gasteiger partial charge in [0.25, 0.3) is 0 Å². The largest absolute Gasteiger partial charge is 0.348 e. The lowest BCUT2D eigenvalue weighted by molar-refractivity contribution is 0.217. The molecule has 2 N–H and O–H groups in total. The van der Waals surface area contributed by atoms with Crippen molar-refractivity contribution in [1.82, 2.24) is 19.6 Å². The smallest absolute Gasteiger partial charge is 0.215 e. The van der Waals surface area contributed by atoms with Gasteiger partial charge in [-0.05, 0) is 32.2 Å². The van der Waals surface area contributed by atoms with Crippen LogP contribution < -0.4 is 4.72 Å². The van der Waals surface area contributed by atoms with Crippen LogP contribution in [0.15, 0.2) is 12.4 Å². The first-order valence-electron chi connectivity index (χ1n) is 7.85. The van der Waals surface area contributed by atoms with Crippen LogP contribution in [0.5, 0.6) is 0 Å². The molecule has 21 heavy (non-hydrogen) atoms. The van der Waals surface area contributed by atoms with E-state index in [-0.39, 0.29) is 11.3 Å². The standard InChI is InChI=1S/C14H24N4O2S/c19-21(20,17-12-4-1-2-5-12)13-6-3-9-18(10-13)11-14-15-7-8-16-14/h7-8,12-13,17H,1-6,9-11H2,(H,15,16). The molecule has 3 rings (SSSR count). The zero-order chi connectivity index (χ0) is 14.7. The maximum absolute atomic E-state index is 12.5. The van der Waals surface area contributed by atoms with Crippen molar-refractivity contribution in [3.8, 4) is 0 Å². The summed E-state index contributed by atoms with van der Waals surface area (Å²) in [5.74, 6) is 0.900. The van der Waals surface area contributed by atoms with Crippen LogP contribution in [0, 0.1) is 0 Å². The van der Waals surface area contributed by atoms with Crippen molar-refractivity contribution < 1.29 is 8.42 Å². The number of hydrogen-bond donors (Lipinski definition) is 2. The predicted octanol–water partition coefficient (Wildman–Crippen LogP) is 1.24. The van der Waals surface area contributed by atoms with Gasteiger partial charge >= 0.3 is 0 Å². The van der Waals surface area contributed by atoms with Gasteiger partial charge in [0.1, 0.15) is 5.82 Å². The number of H-pyrrole nitrogens is 1. The van der Waals surface area contributed by atoms with Crippen LogP contribution in [0.25, 0.3) is 0 Å². The Morgan fingerprint density at radius 3 is 2.81 bits per heavy atom. The average molecular weight is 312 g/mol. The highest BCUT2D eigenvalue weighted by Crippen LogP contribution is 2.22. The molecule has 1 aliphatic heterocycles. The Hall–Kier alpha value is -0.920. The molecule has 6 nitrogen and oxygen atoms in total. The molecule has 2 fully saturated rings. The van der Waals surface area contributed by atoms with Gasteiger partial charge in [0.05, 0.1) is 11.8 Å². The highest BCUT2D eigenvalue weighted by molar-refractivity contribution is 7.90. The van der Waals surface area contributed by atoms with Crippen molar-refractivity contribution in [1.29, 1.82) is 0 Å². The number of likely N-dealkylation sites (tertiary alicyclic amines) is 1. The molecule has 0 amide bonds. The molecule has 1 saturated carbocycles. The first-order valence-corrected chi connectivity index (χ1v) is 9.40. The van der Waals surface area contributed by atoms with E-state index in [2.05, 4.69) is 19.6 Å². The van der Waals surface area contributed by atoms with E-state index in [1.54, 1.807) is 12.4 Å². The van der Waals surface area contributed by atoms with Crippen molar-refractivity contribution in [3.05, 3.63) is 18.2 Å². The van der Waals surface area contributed by atoms with Crippen LogP contribution in [0.4, 0.5) is 0 Å². The van der Waals surface area contributed by atoms with Crippen LogP contribution in [-0.2, 0) is 16.6 Å². The minimum absolute atomic E-state index is 0.162. The molecule has 0 bridgehead atoms. The molecule has 2 aliphatic rings. The van der Waals surface area contributed by atoms with Gasteiger partial charge in [-0.2, -0.15) is 0 Å². The van der Waals surface area contributed by atoms with E-state index >= 15 is 0 Å². The van der Waals surface area contributed by atoms with Crippen LogP contribution in [0.2, 0.25) is 0 Å². The third-order valence-electron chi connectivity index (χ3n) is 4.52. The summed E-state index contributed by atoms with van der Waals surface area (Å²) in [6.07, 6.45) is 9.48. The quantitative estimate of drug-likeness (QED) is 0.857. The monoisotopic (exact) mass is 312 g/mol. The predicted molar refractivity (Wildman–Crippen MR) is 81.2 cm³/mol. The molecule has 7 heteroatoms. The van der Waals surface area contributed by atoms with Gasteiger partial charge in [0, 0.05) is 25.0 Å². The molecule has 1 atom stereocenters. The fourth-order valence-electron chi connectivity index (χ4n) is 3.38. The Bertz CT molecular complexity index is 537. The molecule has 1 aliphatic carbocycles. The number of aromatic amines is 1. The van der Waals surface area contributed by atoms with Crippen molar-refractivity contribution in [2.24, 2.45) is 0 Å². The lowest BCUT2D eigenvalue weighted by Gasteiger charge is -2.32. The van der Waals surface area contributed by atoms with E-state index < -0.39 is 10.0 Å². The van der Waals surface area contributed by atoms with Crippen molar-refractivity contribution in [2.45, 2.75) is 56.4 Å². The van der Waals surface area contributed by atoms with Crippen LogP contribution in [-0.4, -0.2) is 47.7 Å². The van der Waals surface area contributed by atoms with Crippen molar-refractivity contribution >= 4 is 10.0 Å². The molecule has 1 aromatic heterocycles. The summed E-state index contributed by atoms with van der Waals surface area (Å²) in [7, 11) is -3.20. The third kappa shape index (κ3) is 3.84. The van der Waals surface area contributed by atoms with E-state index in [1.165, 1.54) is 0 Å². The van der Waals surface area contributed by atoms with Gasteiger partial charge < -0.3 is 4.98 Å². The number of hydrogen-bond acceptors (Lipinski definition) is 4. The summed E-state index contributed by atoms with van der Waals surface area (Å²) in [6, 6.07) is 0.162. The Morgan fingerprint density at radius 2 is 2.10 bits per heavy atom. The normalized spacial score (nSPS) is 25.4. The number of aromatic nitrogens is 2. The number of imidazole rings is 1. The van der Waals surface area contributed by atoms with Crippen molar-refractivity contribution in [3.63, 3.8) is 0 Å². The molecular weight excluding hydrogens is 288 g/mol. The Kier molecular flexibility index (Phi) is 4.61. The fraction of sp³-hybridized carbons (Fsp3) is 0.786. The maximum atomic E-state index is 12.5. The maximum Gasteiger partial charge on any atom is 0.215 e. The van der Waals surface area contributed by atoms with Gasteiger partial charge in [-0.25, -0.2) is 18.1 Å². The second kappa shape index (κ2) is 6.46. The molecular formula is C14H24N4O2S. The van der Waals surface area contributed by atoms with E-state index in [4.69, 9.17) is 0 Å². The number of piperidine rings is 1. The van der Waals surface area contributed by atoms with Gasteiger partial charge in [-0.3, -0.25) is 4.90 Å². The molecule has 1 saturated heterocycles. The van der Waals surface area contributed by atoms with Gasteiger partial charge in [0.2, 0.25) is 10.0 Å². The van der Waals surface area contributed by atoms with Gasteiger partial charge in [-0.1, -0.05) is 12.8 Å². The number of nitrogens with zero attached hydrogens (tertiary/aromatic N) is 2. The van der Waals surface area contributed by atoms with Crippen LogP contribution >= 0.6 is 0 Å². The van der Waals surface area contributed by atoms with E-state index in [0.29, 0.717) is 13.1 Å². The van der Waals surface area contributed by atoms with Gasteiger partial charge in [0.15, 0.2) is 0 Å². The molecule has 2 heterocycles. The Morgan fingerprint density at radius 1 is 1.29 bits per heavy atom. The van der Waals surface area contributed by atoms with E-state index in [1.807, 2.05) is 0 Å². The van der Waals surface area contributed by atoms with E-state index in [9.17, 15) is 8.42 Å². The molecule has 1 unspecified atom stereocenters. The fourth-order valence-corrected chi connectivity index (χ4v) is 5.16. The Balaban J connectivity index is 1.59. The summed E-state index contributed by atoms with van der Waals surface area (Å²) in [5, 5.41) is -0.290.